The first-order valence-corrected chi connectivity index (χ1v) is 13.7. The summed E-state index contributed by atoms with van der Waals surface area (Å²) >= 11 is 6.42. The molecule has 1 atom stereocenters. The predicted octanol–water partition coefficient (Wildman–Crippen LogP) is 0.812. The summed E-state index contributed by atoms with van der Waals surface area (Å²) in [5.41, 5.74) is 1.11. The van der Waals surface area contributed by atoms with Gasteiger partial charge in [-0.2, -0.15) is 0 Å². The van der Waals surface area contributed by atoms with Crippen molar-refractivity contribution in [3.05, 3.63) is 44.7 Å². The van der Waals surface area contributed by atoms with E-state index in [2.05, 4.69) is 10.3 Å². The molecular formula is C21H24N4O6S3. The summed E-state index contributed by atoms with van der Waals surface area (Å²) in [5, 5.41) is 11.9. The summed E-state index contributed by atoms with van der Waals surface area (Å²) in [6, 6.07) is 3.09. The number of nitrogens with one attached hydrogen (secondary N) is 1. The second kappa shape index (κ2) is 10.1. The fourth-order valence-corrected chi connectivity index (χ4v) is 6.97. The third kappa shape index (κ3) is 5.03. The van der Waals surface area contributed by atoms with E-state index < -0.39 is 21.8 Å². The number of carbonyl (C=O) groups excluding carboxylic acids is 1. The first-order chi connectivity index (χ1) is 16.2. The van der Waals surface area contributed by atoms with Gasteiger partial charge in [-0.1, -0.05) is 30.0 Å². The number of hydrogen-bond acceptors (Lipinski definition) is 10. The van der Waals surface area contributed by atoms with Crippen molar-refractivity contribution in [2.45, 2.75) is 19.4 Å². The van der Waals surface area contributed by atoms with Gasteiger partial charge in [0.15, 0.2) is 9.84 Å². The number of amides is 1. The molecule has 2 fully saturated rings. The number of hydrogen-bond donors (Lipinski definition) is 2. The van der Waals surface area contributed by atoms with Crippen molar-refractivity contribution in [1.29, 1.82) is 0 Å². The van der Waals surface area contributed by atoms with Gasteiger partial charge in [-0.25, -0.2) is 13.4 Å². The van der Waals surface area contributed by atoms with E-state index in [9.17, 15) is 18.0 Å². The number of aromatic nitrogens is 2. The number of aryl methyl sites for hydroxylation is 1. The van der Waals surface area contributed by atoms with Crippen LogP contribution in [0.25, 0.3) is 11.7 Å². The van der Waals surface area contributed by atoms with E-state index in [1.165, 1.54) is 15.4 Å². The van der Waals surface area contributed by atoms with Crippen LogP contribution < -0.4 is 10.9 Å². The average molecular weight is 525 g/mol. The van der Waals surface area contributed by atoms with Gasteiger partial charge in [0.2, 0.25) is 0 Å². The van der Waals surface area contributed by atoms with Crippen molar-refractivity contribution in [1.82, 2.24) is 14.3 Å². The maximum absolute atomic E-state index is 13.4. The molecule has 0 bridgehead atoms. The second-order valence-corrected chi connectivity index (χ2v) is 11.8. The van der Waals surface area contributed by atoms with Crippen LogP contribution in [0.4, 0.5) is 5.82 Å². The molecule has 34 heavy (non-hydrogen) atoms. The standard InChI is InChI=1S/C21H24N4O6S3/c1-13-3-2-6-24-18(13)23-17(22-5-8-31-9-7-26)15(19(24)27)11-16-20(28)25(21(32)33-16)14-4-10-34(29,30)12-14/h2-3,6,11,14,22,26H,4-5,7-10,12H2,1H3/b16-11+. The maximum atomic E-state index is 13.4. The Hall–Kier alpha value is -2.32. The second-order valence-electron chi connectivity index (χ2n) is 7.94. The lowest BCUT2D eigenvalue weighted by molar-refractivity contribution is -0.123. The van der Waals surface area contributed by atoms with E-state index in [1.807, 2.05) is 13.0 Å². The Labute approximate surface area is 205 Å². The van der Waals surface area contributed by atoms with Crippen molar-refractivity contribution in [3.8, 4) is 0 Å². The van der Waals surface area contributed by atoms with Gasteiger partial charge in [0.05, 0.1) is 47.8 Å². The molecule has 10 nitrogen and oxygen atoms in total. The minimum Gasteiger partial charge on any atom is -0.394 e. The van der Waals surface area contributed by atoms with Gasteiger partial charge in [0, 0.05) is 12.7 Å². The Morgan fingerprint density at radius 3 is 2.88 bits per heavy atom. The van der Waals surface area contributed by atoms with E-state index in [4.69, 9.17) is 22.1 Å². The molecule has 182 valence electrons. The third-order valence-electron chi connectivity index (χ3n) is 5.53. The van der Waals surface area contributed by atoms with Crippen molar-refractivity contribution >= 4 is 61.6 Å². The van der Waals surface area contributed by atoms with Crippen LogP contribution in [-0.2, 0) is 19.4 Å². The highest BCUT2D eigenvalue weighted by molar-refractivity contribution is 8.26. The summed E-state index contributed by atoms with van der Waals surface area (Å²) < 4.78 is 30.8. The maximum Gasteiger partial charge on any atom is 0.267 e. The van der Waals surface area contributed by atoms with Gasteiger partial charge in [-0.3, -0.25) is 18.9 Å². The molecule has 2 aliphatic heterocycles. The Balaban J connectivity index is 1.70. The predicted molar refractivity (Wildman–Crippen MR) is 135 cm³/mol. The molecule has 1 amide bonds. The normalized spacial score (nSPS) is 21.2. The molecule has 0 radical (unpaired) electrons. The number of aliphatic hydroxyl groups is 1. The summed E-state index contributed by atoms with van der Waals surface area (Å²) in [7, 11) is -3.20. The number of thiocarbonyl (C=S) groups is 1. The number of nitrogens with zero attached hydrogens (tertiary/aromatic N) is 3. The number of anilines is 1. The van der Waals surface area contributed by atoms with Gasteiger partial charge < -0.3 is 15.2 Å². The van der Waals surface area contributed by atoms with Crippen LogP contribution in [0.15, 0.2) is 28.0 Å². The lowest BCUT2D eigenvalue weighted by Gasteiger charge is -2.20. The SMILES string of the molecule is Cc1cccn2c(=O)c(/C=C3/SC(=S)N(C4CCS(=O)(=O)C4)C3=O)c(NCCOCCO)nc12. The minimum atomic E-state index is -3.20. The number of ether oxygens (including phenoxy) is 1. The van der Waals surface area contributed by atoms with Gasteiger partial charge in [-0.05, 0) is 31.1 Å². The van der Waals surface area contributed by atoms with Gasteiger partial charge in [0.1, 0.15) is 15.8 Å². The monoisotopic (exact) mass is 524 g/mol. The van der Waals surface area contributed by atoms with Gasteiger partial charge in [0.25, 0.3) is 11.5 Å². The molecule has 0 aliphatic carbocycles. The Kier molecular flexibility index (Phi) is 7.38. The summed E-state index contributed by atoms with van der Waals surface area (Å²) in [6.45, 7) is 2.56. The molecule has 13 heteroatoms. The van der Waals surface area contributed by atoms with E-state index in [-0.39, 0.29) is 51.7 Å². The van der Waals surface area contributed by atoms with Crippen molar-refractivity contribution in [2.75, 3.05) is 43.2 Å². The lowest BCUT2D eigenvalue weighted by Crippen LogP contribution is -2.39. The number of sulfone groups is 1. The van der Waals surface area contributed by atoms with Crippen molar-refractivity contribution in [3.63, 3.8) is 0 Å². The first-order valence-electron chi connectivity index (χ1n) is 10.6. The van der Waals surface area contributed by atoms with E-state index >= 15 is 0 Å². The smallest absolute Gasteiger partial charge is 0.267 e. The molecule has 2 aromatic heterocycles. The van der Waals surface area contributed by atoms with E-state index in [1.54, 1.807) is 12.3 Å². The highest BCUT2D eigenvalue weighted by Crippen LogP contribution is 2.36. The fourth-order valence-electron chi connectivity index (χ4n) is 3.89. The topological polar surface area (TPSA) is 130 Å². The van der Waals surface area contributed by atoms with Gasteiger partial charge in [-0.15, -0.1) is 0 Å². The molecule has 0 spiro atoms. The van der Waals surface area contributed by atoms with Crippen LogP contribution in [-0.4, -0.2) is 81.9 Å². The lowest BCUT2D eigenvalue weighted by atomic mass is 10.2. The van der Waals surface area contributed by atoms with Crippen molar-refractivity contribution < 1.29 is 23.1 Å². The number of carbonyl (C=O) groups is 1. The number of rotatable bonds is 8. The highest BCUT2D eigenvalue weighted by atomic mass is 32.2. The zero-order valence-electron chi connectivity index (χ0n) is 18.4. The highest BCUT2D eigenvalue weighted by Gasteiger charge is 2.42. The molecule has 4 heterocycles. The quantitative estimate of drug-likeness (QED) is 0.291. The summed E-state index contributed by atoms with van der Waals surface area (Å²) in [4.78, 5) is 32.7. The number of aliphatic hydroxyl groups excluding tert-OH is 1. The molecule has 0 saturated carbocycles. The molecule has 2 aromatic rings. The average Bonchev–Trinajstić information content (AvgIpc) is 3.28. The summed E-state index contributed by atoms with van der Waals surface area (Å²) in [6.07, 6.45) is 3.41. The van der Waals surface area contributed by atoms with E-state index in [0.29, 0.717) is 24.4 Å². The van der Waals surface area contributed by atoms with Crippen LogP contribution in [0, 0.1) is 6.92 Å². The van der Waals surface area contributed by atoms with Crippen LogP contribution in [0.1, 0.15) is 17.5 Å². The summed E-state index contributed by atoms with van der Waals surface area (Å²) in [5.74, 6) is -0.217. The fraction of sp³-hybridized carbons (Fsp3) is 0.429. The molecule has 4 rings (SSSR count). The number of fused-ring (bicyclic) bond motifs is 1. The Morgan fingerprint density at radius 2 is 2.18 bits per heavy atom. The zero-order valence-corrected chi connectivity index (χ0v) is 20.8. The molecule has 0 aromatic carbocycles. The van der Waals surface area contributed by atoms with Crippen LogP contribution in [0.5, 0.6) is 0 Å². The number of thioether (sulfide) groups is 1. The van der Waals surface area contributed by atoms with Crippen molar-refractivity contribution in [2.24, 2.45) is 0 Å². The van der Waals surface area contributed by atoms with Crippen LogP contribution in [0.2, 0.25) is 0 Å². The van der Waals surface area contributed by atoms with Gasteiger partial charge >= 0.3 is 0 Å². The Morgan fingerprint density at radius 1 is 1.38 bits per heavy atom. The Bertz CT molecular complexity index is 1340. The van der Waals surface area contributed by atoms with E-state index in [0.717, 1.165) is 17.3 Å². The molecular weight excluding hydrogens is 500 g/mol. The number of pyridine rings is 1. The molecule has 2 N–H and O–H groups in total. The molecule has 1 unspecified atom stereocenters. The third-order valence-corrected chi connectivity index (χ3v) is 8.61. The largest absolute Gasteiger partial charge is 0.394 e. The zero-order chi connectivity index (χ0) is 24.5. The molecule has 2 aliphatic rings. The first kappa shape index (κ1) is 24.8. The van der Waals surface area contributed by atoms with Crippen LogP contribution >= 0.6 is 24.0 Å². The molecule has 2 saturated heterocycles. The van der Waals surface area contributed by atoms with Crippen LogP contribution in [0.3, 0.4) is 0 Å². The minimum absolute atomic E-state index is 0.0233.